The zero-order valence-corrected chi connectivity index (χ0v) is 12.4. The number of ether oxygens (including phenoxy) is 2. The maximum Gasteiger partial charge on any atom is 0.310 e. The van der Waals surface area contributed by atoms with Gasteiger partial charge in [0.25, 0.3) is 0 Å². The molecular formula is C17H19NO4. The predicted molar refractivity (Wildman–Crippen MR) is 84.3 cm³/mol. The molecule has 5 heteroatoms. The van der Waals surface area contributed by atoms with Crippen LogP contribution in [0.15, 0.2) is 48.5 Å². The number of hydrogen-bond donors (Lipinski definition) is 2. The Balaban J connectivity index is 1.89. The van der Waals surface area contributed by atoms with Crippen molar-refractivity contribution in [2.75, 3.05) is 18.9 Å². The first-order valence-corrected chi connectivity index (χ1v) is 7.01. The first-order valence-electron chi connectivity index (χ1n) is 7.01. The van der Waals surface area contributed by atoms with E-state index in [4.69, 9.17) is 20.3 Å². The first-order chi connectivity index (χ1) is 10.6. The van der Waals surface area contributed by atoms with Gasteiger partial charge < -0.3 is 20.3 Å². The van der Waals surface area contributed by atoms with Gasteiger partial charge in [0.2, 0.25) is 0 Å². The molecule has 0 aliphatic rings. The van der Waals surface area contributed by atoms with Crippen LogP contribution in [-0.4, -0.2) is 24.3 Å². The second-order valence-corrected chi connectivity index (χ2v) is 4.86. The van der Waals surface area contributed by atoms with Crippen LogP contribution in [-0.2, 0) is 4.79 Å². The Bertz CT molecular complexity index is 625. The third-order valence-electron chi connectivity index (χ3n) is 3.25. The van der Waals surface area contributed by atoms with E-state index in [9.17, 15) is 4.79 Å². The third-order valence-corrected chi connectivity index (χ3v) is 3.25. The maximum absolute atomic E-state index is 11.1. The van der Waals surface area contributed by atoms with Gasteiger partial charge in [-0.15, -0.1) is 0 Å². The lowest BCUT2D eigenvalue weighted by atomic mass is 10.0. The Morgan fingerprint density at radius 1 is 1.09 bits per heavy atom. The van der Waals surface area contributed by atoms with Gasteiger partial charge in [-0.25, -0.2) is 0 Å². The van der Waals surface area contributed by atoms with Crippen molar-refractivity contribution >= 4 is 11.7 Å². The summed E-state index contributed by atoms with van der Waals surface area (Å²) in [5.41, 5.74) is 6.93. The van der Waals surface area contributed by atoms with Crippen molar-refractivity contribution in [3.8, 4) is 11.5 Å². The normalized spacial score (nSPS) is 11.7. The van der Waals surface area contributed by atoms with Crippen LogP contribution in [0, 0.1) is 0 Å². The molecule has 0 fully saturated rings. The summed E-state index contributed by atoms with van der Waals surface area (Å²) in [6, 6.07) is 14.2. The summed E-state index contributed by atoms with van der Waals surface area (Å²) in [6.45, 7) is 2.32. The highest BCUT2D eigenvalue weighted by Crippen LogP contribution is 2.26. The molecule has 22 heavy (non-hydrogen) atoms. The molecule has 5 nitrogen and oxygen atoms in total. The summed E-state index contributed by atoms with van der Waals surface area (Å²) in [7, 11) is 0. The van der Waals surface area contributed by atoms with Crippen LogP contribution in [0.25, 0.3) is 0 Å². The molecule has 2 rings (SSSR count). The summed E-state index contributed by atoms with van der Waals surface area (Å²) >= 11 is 0. The quantitative estimate of drug-likeness (QED) is 0.607. The largest absolute Gasteiger partial charge is 0.490 e. The molecule has 0 radical (unpaired) electrons. The Morgan fingerprint density at radius 2 is 1.73 bits per heavy atom. The van der Waals surface area contributed by atoms with Gasteiger partial charge in [0.1, 0.15) is 24.7 Å². The zero-order valence-electron chi connectivity index (χ0n) is 12.4. The molecule has 2 aromatic rings. The fraction of sp³-hybridized carbons (Fsp3) is 0.235. The van der Waals surface area contributed by atoms with Gasteiger partial charge in [-0.05, 0) is 37.3 Å². The molecule has 0 heterocycles. The highest BCUT2D eigenvalue weighted by atomic mass is 16.5. The van der Waals surface area contributed by atoms with Gasteiger partial charge in [0, 0.05) is 11.3 Å². The average molecular weight is 301 g/mol. The molecular weight excluding hydrogens is 282 g/mol. The van der Waals surface area contributed by atoms with Crippen molar-refractivity contribution in [2.45, 2.75) is 12.8 Å². The number of carbonyl (C=O) groups is 1. The highest BCUT2D eigenvalue weighted by molar-refractivity contribution is 5.76. The molecule has 1 atom stereocenters. The van der Waals surface area contributed by atoms with Crippen LogP contribution < -0.4 is 15.2 Å². The molecule has 1 unspecified atom stereocenters. The molecule has 0 aliphatic heterocycles. The minimum absolute atomic E-state index is 0.327. The molecule has 0 bridgehead atoms. The maximum atomic E-state index is 11.1. The number of nitrogens with two attached hydrogens (primary N) is 1. The predicted octanol–water partition coefficient (Wildman–Crippen LogP) is 2.91. The molecule has 0 aliphatic carbocycles. The van der Waals surface area contributed by atoms with E-state index in [1.807, 2.05) is 6.07 Å². The summed E-state index contributed by atoms with van der Waals surface area (Å²) in [4.78, 5) is 11.1. The molecule has 0 saturated carbocycles. The van der Waals surface area contributed by atoms with Gasteiger partial charge in [0.15, 0.2) is 0 Å². The number of nitrogen functional groups attached to an aromatic ring is 1. The van der Waals surface area contributed by atoms with Crippen LogP contribution in [0.3, 0.4) is 0 Å². The first kappa shape index (κ1) is 15.7. The Labute approximate surface area is 129 Å². The monoisotopic (exact) mass is 301 g/mol. The second-order valence-electron chi connectivity index (χ2n) is 4.86. The summed E-state index contributed by atoms with van der Waals surface area (Å²) < 4.78 is 11.2. The highest BCUT2D eigenvalue weighted by Gasteiger charge is 2.17. The van der Waals surface area contributed by atoms with Gasteiger partial charge >= 0.3 is 5.97 Å². The lowest BCUT2D eigenvalue weighted by Crippen LogP contribution is -2.13. The van der Waals surface area contributed by atoms with Crippen molar-refractivity contribution in [3.63, 3.8) is 0 Å². The van der Waals surface area contributed by atoms with E-state index in [1.54, 1.807) is 49.4 Å². The van der Waals surface area contributed by atoms with Crippen molar-refractivity contribution in [2.24, 2.45) is 0 Å². The van der Waals surface area contributed by atoms with E-state index in [0.717, 1.165) is 0 Å². The molecule has 0 aromatic heterocycles. The van der Waals surface area contributed by atoms with Crippen molar-refractivity contribution in [1.82, 2.24) is 0 Å². The Morgan fingerprint density at radius 3 is 2.41 bits per heavy atom. The number of anilines is 1. The number of rotatable bonds is 7. The lowest BCUT2D eigenvalue weighted by Gasteiger charge is -2.14. The van der Waals surface area contributed by atoms with Crippen LogP contribution >= 0.6 is 0 Å². The topological polar surface area (TPSA) is 81.8 Å². The third kappa shape index (κ3) is 4.15. The number of carboxylic acid groups (broad SMARTS) is 1. The molecule has 0 saturated heterocycles. The van der Waals surface area contributed by atoms with E-state index in [2.05, 4.69) is 0 Å². The standard InChI is InChI=1S/C17H19NO4/c1-12(17(19)20)15-4-2-3-5-16(15)22-11-10-21-14-8-6-13(18)7-9-14/h2-9,12H,10-11,18H2,1H3,(H,19,20). The SMILES string of the molecule is CC(C(=O)O)c1ccccc1OCCOc1ccc(N)cc1. The summed E-state index contributed by atoms with van der Waals surface area (Å²) in [6.07, 6.45) is 0. The minimum atomic E-state index is -0.880. The van der Waals surface area contributed by atoms with Gasteiger partial charge in [0.05, 0.1) is 5.92 Å². The average Bonchev–Trinajstić information content (AvgIpc) is 2.53. The van der Waals surface area contributed by atoms with Gasteiger partial charge in [-0.3, -0.25) is 4.79 Å². The summed E-state index contributed by atoms with van der Waals surface area (Å²) in [5.74, 6) is -0.216. The lowest BCUT2D eigenvalue weighted by molar-refractivity contribution is -0.138. The minimum Gasteiger partial charge on any atom is -0.490 e. The number of carboxylic acids is 1. The molecule has 2 aromatic carbocycles. The number of aliphatic carboxylic acids is 1. The van der Waals surface area contributed by atoms with E-state index < -0.39 is 11.9 Å². The zero-order chi connectivity index (χ0) is 15.9. The Kier molecular flexibility index (Phi) is 5.25. The fourth-order valence-electron chi connectivity index (χ4n) is 1.98. The molecule has 116 valence electrons. The van der Waals surface area contributed by atoms with E-state index >= 15 is 0 Å². The van der Waals surface area contributed by atoms with Crippen molar-refractivity contribution in [3.05, 3.63) is 54.1 Å². The van der Waals surface area contributed by atoms with E-state index in [-0.39, 0.29) is 0 Å². The van der Waals surface area contributed by atoms with Crippen LogP contribution in [0.2, 0.25) is 0 Å². The molecule has 0 amide bonds. The van der Waals surface area contributed by atoms with E-state index in [0.29, 0.717) is 36.0 Å². The Hall–Kier alpha value is -2.69. The smallest absolute Gasteiger partial charge is 0.310 e. The second kappa shape index (κ2) is 7.36. The van der Waals surface area contributed by atoms with Crippen LogP contribution in [0.5, 0.6) is 11.5 Å². The van der Waals surface area contributed by atoms with Crippen molar-refractivity contribution < 1.29 is 19.4 Å². The number of benzene rings is 2. The van der Waals surface area contributed by atoms with Crippen LogP contribution in [0.1, 0.15) is 18.4 Å². The molecule has 0 spiro atoms. The van der Waals surface area contributed by atoms with Crippen LogP contribution in [0.4, 0.5) is 5.69 Å². The van der Waals surface area contributed by atoms with Gasteiger partial charge in [-0.2, -0.15) is 0 Å². The molecule has 3 N–H and O–H groups in total. The van der Waals surface area contributed by atoms with Crippen molar-refractivity contribution in [1.29, 1.82) is 0 Å². The summed E-state index contributed by atoms with van der Waals surface area (Å²) in [5, 5.41) is 9.11. The fourth-order valence-corrected chi connectivity index (χ4v) is 1.98. The van der Waals surface area contributed by atoms with Gasteiger partial charge in [-0.1, -0.05) is 18.2 Å². The number of para-hydroxylation sites is 1. The van der Waals surface area contributed by atoms with E-state index in [1.165, 1.54) is 0 Å². The number of hydrogen-bond acceptors (Lipinski definition) is 4.